The van der Waals surface area contributed by atoms with Gasteiger partial charge in [0.1, 0.15) is 0 Å². The van der Waals surface area contributed by atoms with Crippen LogP contribution in [-0.4, -0.2) is 23.7 Å². The third-order valence-electron chi connectivity index (χ3n) is 2.77. The molecule has 2 rings (SSSR count). The molecule has 0 N–H and O–H groups in total. The van der Waals surface area contributed by atoms with Crippen LogP contribution in [0.15, 0.2) is 0 Å². The Morgan fingerprint density at radius 3 is 2.55 bits per heavy atom. The van der Waals surface area contributed by atoms with Crippen molar-refractivity contribution in [1.82, 2.24) is 0 Å². The first-order valence-electron chi connectivity index (χ1n) is 4.63. The van der Waals surface area contributed by atoms with Gasteiger partial charge in [0.05, 0.1) is 12.2 Å². The van der Waals surface area contributed by atoms with Crippen LogP contribution in [0.5, 0.6) is 0 Å². The maximum atomic E-state index is 5.89. The van der Waals surface area contributed by atoms with Gasteiger partial charge in [0.2, 0.25) is 0 Å². The molecule has 0 amide bonds. The highest BCUT2D eigenvalue weighted by molar-refractivity contribution is 7.99. The second kappa shape index (κ2) is 3.36. The maximum absolute atomic E-state index is 5.89. The summed E-state index contributed by atoms with van der Waals surface area (Å²) < 4.78 is 5.89. The molecule has 1 aliphatic carbocycles. The lowest BCUT2D eigenvalue weighted by molar-refractivity contribution is -0.0498. The predicted octanol–water partition coefficient (Wildman–Crippen LogP) is 2.45. The SMILES string of the molecule is C1CCC2(CC1)CSCCO2. The number of rotatable bonds is 0. The highest BCUT2D eigenvalue weighted by Crippen LogP contribution is 2.36. The highest BCUT2D eigenvalue weighted by Gasteiger charge is 2.34. The molecule has 0 aromatic rings. The number of hydrogen-bond donors (Lipinski definition) is 0. The molecular formula is C9H16OS. The maximum Gasteiger partial charge on any atom is 0.0772 e. The molecule has 1 heterocycles. The van der Waals surface area contributed by atoms with Crippen molar-refractivity contribution >= 4 is 11.8 Å². The molecule has 0 aromatic heterocycles. The van der Waals surface area contributed by atoms with Crippen LogP contribution in [0.25, 0.3) is 0 Å². The van der Waals surface area contributed by atoms with Gasteiger partial charge in [0.15, 0.2) is 0 Å². The molecule has 0 bridgehead atoms. The third kappa shape index (κ3) is 1.73. The minimum absolute atomic E-state index is 0.321. The molecular weight excluding hydrogens is 156 g/mol. The van der Waals surface area contributed by atoms with Gasteiger partial charge in [-0.05, 0) is 12.8 Å². The van der Waals surface area contributed by atoms with Gasteiger partial charge in [-0.2, -0.15) is 11.8 Å². The summed E-state index contributed by atoms with van der Waals surface area (Å²) in [6.45, 7) is 0.991. The minimum Gasteiger partial charge on any atom is -0.373 e. The first-order valence-corrected chi connectivity index (χ1v) is 5.79. The smallest absolute Gasteiger partial charge is 0.0772 e. The van der Waals surface area contributed by atoms with E-state index in [1.807, 2.05) is 0 Å². The summed E-state index contributed by atoms with van der Waals surface area (Å²) in [4.78, 5) is 0. The minimum atomic E-state index is 0.321. The molecule has 2 heteroatoms. The molecule has 1 saturated carbocycles. The van der Waals surface area contributed by atoms with Gasteiger partial charge >= 0.3 is 0 Å². The Hall–Kier alpha value is 0.310. The zero-order valence-corrected chi connectivity index (χ0v) is 7.79. The summed E-state index contributed by atoms with van der Waals surface area (Å²) in [7, 11) is 0. The molecule has 0 unspecified atom stereocenters. The Bertz CT molecular complexity index is 104. The zero-order valence-electron chi connectivity index (χ0n) is 6.97. The van der Waals surface area contributed by atoms with E-state index >= 15 is 0 Å². The predicted molar refractivity (Wildman–Crippen MR) is 49.1 cm³/mol. The van der Waals surface area contributed by atoms with E-state index in [0.29, 0.717) is 5.60 Å². The normalized spacial score (nSPS) is 30.5. The number of thioether (sulfide) groups is 1. The van der Waals surface area contributed by atoms with Crippen LogP contribution in [0, 0.1) is 0 Å². The van der Waals surface area contributed by atoms with Crippen LogP contribution in [0.2, 0.25) is 0 Å². The van der Waals surface area contributed by atoms with Crippen LogP contribution < -0.4 is 0 Å². The summed E-state index contributed by atoms with van der Waals surface area (Å²) in [5.41, 5.74) is 0.321. The van der Waals surface area contributed by atoms with Crippen molar-refractivity contribution in [2.75, 3.05) is 18.1 Å². The van der Waals surface area contributed by atoms with Crippen molar-refractivity contribution < 1.29 is 4.74 Å². The Labute approximate surface area is 72.9 Å². The Balaban J connectivity index is 1.94. The van der Waals surface area contributed by atoms with Crippen LogP contribution in [0.1, 0.15) is 32.1 Å². The van der Waals surface area contributed by atoms with E-state index in [1.54, 1.807) is 0 Å². The van der Waals surface area contributed by atoms with E-state index < -0.39 is 0 Å². The van der Waals surface area contributed by atoms with E-state index in [1.165, 1.54) is 43.6 Å². The fourth-order valence-electron chi connectivity index (χ4n) is 2.10. The fraction of sp³-hybridized carbons (Fsp3) is 1.00. The van der Waals surface area contributed by atoms with Gasteiger partial charge in [-0.25, -0.2) is 0 Å². The second-order valence-corrected chi connectivity index (χ2v) is 4.75. The van der Waals surface area contributed by atoms with Crippen molar-refractivity contribution in [2.45, 2.75) is 37.7 Å². The van der Waals surface area contributed by atoms with E-state index in [0.717, 1.165) is 6.61 Å². The average Bonchev–Trinajstić information content (AvgIpc) is 2.07. The van der Waals surface area contributed by atoms with Gasteiger partial charge in [-0.15, -0.1) is 0 Å². The first-order chi connectivity index (χ1) is 5.41. The summed E-state index contributed by atoms with van der Waals surface area (Å²) in [6, 6.07) is 0. The molecule has 0 atom stereocenters. The van der Waals surface area contributed by atoms with E-state index in [-0.39, 0.29) is 0 Å². The lowest BCUT2D eigenvalue weighted by Crippen LogP contribution is -2.41. The van der Waals surface area contributed by atoms with E-state index in [9.17, 15) is 0 Å². The van der Waals surface area contributed by atoms with Crippen molar-refractivity contribution in [3.05, 3.63) is 0 Å². The van der Waals surface area contributed by atoms with Crippen LogP contribution in [0.3, 0.4) is 0 Å². The van der Waals surface area contributed by atoms with Crippen molar-refractivity contribution in [2.24, 2.45) is 0 Å². The average molecular weight is 172 g/mol. The topological polar surface area (TPSA) is 9.23 Å². The molecule has 0 radical (unpaired) electrons. The molecule has 0 aromatic carbocycles. The van der Waals surface area contributed by atoms with Gasteiger partial charge in [-0.3, -0.25) is 0 Å². The summed E-state index contributed by atoms with van der Waals surface area (Å²) in [5.74, 6) is 2.47. The lowest BCUT2D eigenvalue weighted by atomic mass is 9.86. The molecule has 2 aliphatic rings. The van der Waals surface area contributed by atoms with Crippen molar-refractivity contribution in [3.63, 3.8) is 0 Å². The molecule has 1 saturated heterocycles. The molecule has 1 spiro atoms. The van der Waals surface area contributed by atoms with Crippen molar-refractivity contribution in [3.8, 4) is 0 Å². The quantitative estimate of drug-likeness (QED) is 0.555. The van der Waals surface area contributed by atoms with Crippen LogP contribution in [-0.2, 0) is 4.74 Å². The van der Waals surface area contributed by atoms with E-state index in [2.05, 4.69) is 11.8 Å². The van der Waals surface area contributed by atoms with Crippen molar-refractivity contribution in [1.29, 1.82) is 0 Å². The van der Waals surface area contributed by atoms with Crippen LogP contribution >= 0.6 is 11.8 Å². The van der Waals surface area contributed by atoms with Crippen LogP contribution in [0.4, 0.5) is 0 Å². The summed E-state index contributed by atoms with van der Waals surface area (Å²) in [6.07, 6.45) is 6.84. The van der Waals surface area contributed by atoms with Gasteiger partial charge in [-0.1, -0.05) is 19.3 Å². The molecule has 11 heavy (non-hydrogen) atoms. The third-order valence-corrected chi connectivity index (χ3v) is 3.95. The number of ether oxygens (including phenoxy) is 1. The highest BCUT2D eigenvalue weighted by atomic mass is 32.2. The molecule has 2 fully saturated rings. The lowest BCUT2D eigenvalue weighted by Gasteiger charge is -2.39. The Morgan fingerprint density at radius 2 is 1.91 bits per heavy atom. The Kier molecular flexibility index (Phi) is 2.42. The Morgan fingerprint density at radius 1 is 1.09 bits per heavy atom. The van der Waals surface area contributed by atoms with Gasteiger partial charge in [0, 0.05) is 11.5 Å². The zero-order chi connectivity index (χ0) is 7.57. The summed E-state index contributed by atoms with van der Waals surface area (Å²) in [5, 5.41) is 0. The van der Waals surface area contributed by atoms with Gasteiger partial charge < -0.3 is 4.74 Å². The van der Waals surface area contributed by atoms with Gasteiger partial charge in [0.25, 0.3) is 0 Å². The first kappa shape index (κ1) is 7.93. The fourth-order valence-corrected chi connectivity index (χ4v) is 3.19. The standard InChI is InChI=1S/C9H16OS/c1-2-4-9(5-3-1)8-11-7-6-10-9/h1-8H2. The molecule has 1 aliphatic heterocycles. The second-order valence-electron chi connectivity index (χ2n) is 3.64. The number of hydrogen-bond acceptors (Lipinski definition) is 2. The van der Waals surface area contributed by atoms with E-state index in [4.69, 9.17) is 4.74 Å². The summed E-state index contributed by atoms with van der Waals surface area (Å²) >= 11 is 2.08. The molecule has 1 nitrogen and oxygen atoms in total. The molecule has 64 valence electrons. The largest absolute Gasteiger partial charge is 0.373 e. The monoisotopic (exact) mass is 172 g/mol.